The first-order chi connectivity index (χ1) is 9.31. The van der Waals surface area contributed by atoms with Gasteiger partial charge in [-0.25, -0.2) is 13.4 Å². The highest BCUT2D eigenvalue weighted by molar-refractivity contribution is 9.11. The zero-order valence-electron chi connectivity index (χ0n) is 10.8. The standard InChI is InChI=1S/C13H12Br2N2O2S/c1-8-4-3-5-16-13(8)17-20(18,19)12-7-10(14)9(2)6-11(12)15/h3-7H,1-2H3,(H,16,17). The minimum atomic E-state index is -3.70. The van der Waals surface area contributed by atoms with Crippen LogP contribution in [-0.2, 0) is 10.0 Å². The summed E-state index contributed by atoms with van der Waals surface area (Å²) in [5.74, 6) is 0.330. The van der Waals surface area contributed by atoms with Gasteiger partial charge in [0, 0.05) is 15.1 Å². The number of aryl methyl sites for hydroxylation is 2. The molecule has 2 aromatic rings. The first-order valence-corrected chi connectivity index (χ1v) is 8.78. The van der Waals surface area contributed by atoms with Gasteiger partial charge in [0.1, 0.15) is 10.7 Å². The molecule has 7 heteroatoms. The summed E-state index contributed by atoms with van der Waals surface area (Å²) in [5.41, 5.74) is 1.71. The van der Waals surface area contributed by atoms with Crippen LogP contribution in [0.2, 0.25) is 0 Å². The smallest absolute Gasteiger partial charge is 0.263 e. The Hall–Kier alpha value is -0.920. The number of halogens is 2. The Morgan fingerprint density at radius 2 is 1.80 bits per heavy atom. The Morgan fingerprint density at radius 3 is 2.45 bits per heavy atom. The summed E-state index contributed by atoms with van der Waals surface area (Å²) in [6.07, 6.45) is 1.55. The SMILES string of the molecule is Cc1cc(Br)c(S(=O)(=O)Nc2ncccc2C)cc1Br. The van der Waals surface area contributed by atoms with E-state index in [1.165, 1.54) is 0 Å². The topological polar surface area (TPSA) is 59.1 Å². The van der Waals surface area contributed by atoms with E-state index in [4.69, 9.17) is 0 Å². The quantitative estimate of drug-likeness (QED) is 0.816. The lowest BCUT2D eigenvalue weighted by atomic mass is 10.2. The van der Waals surface area contributed by atoms with E-state index < -0.39 is 10.0 Å². The molecule has 0 spiro atoms. The second kappa shape index (κ2) is 5.83. The number of nitrogens with one attached hydrogen (secondary N) is 1. The highest BCUT2D eigenvalue weighted by atomic mass is 79.9. The number of benzene rings is 1. The molecule has 0 saturated heterocycles. The monoisotopic (exact) mass is 418 g/mol. The lowest BCUT2D eigenvalue weighted by Crippen LogP contribution is -2.15. The molecule has 2 rings (SSSR count). The maximum atomic E-state index is 12.4. The number of hydrogen-bond acceptors (Lipinski definition) is 3. The van der Waals surface area contributed by atoms with E-state index in [9.17, 15) is 8.42 Å². The molecule has 0 aliphatic heterocycles. The van der Waals surface area contributed by atoms with E-state index >= 15 is 0 Å². The molecule has 106 valence electrons. The number of pyridine rings is 1. The number of anilines is 1. The summed E-state index contributed by atoms with van der Waals surface area (Å²) in [6.45, 7) is 3.69. The fraction of sp³-hybridized carbons (Fsp3) is 0.154. The van der Waals surface area contributed by atoms with Crippen LogP contribution in [0.3, 0.4) is 0 Å². The highest BCUT2D eigenvalue weighted by Crippen LogP contribution is 2.30. The van der Waals surface area contributed by atoms with E-state index in [-0.39, 0.29) is 4.90 Å². The molecular weight excluding hydrogens is 408 g/mol. The average Bonchev–Trinajstić information content (AvgIpc) is 2.36. The van der Waals surface area contributed by atoms with Crippen LogP contribution < -0.4 is 4.72 Å². The Balaban J connectivity index is 2.47. The lowest BCUT2D eigenvalue weighted by Gasteiger charge is -2.12. The molecule has 4 nitrogen and oxygen atoms in total. The van der Waals surface area contributed by atoms with Crippen molar-refractivity contribution in [3.8, 4) is 0 Å². The zero-order valence-corrected chi connectivity index (χ0v) is 14.8. The van der Waals surface area contributed by atoms with Crippen molar-refractivity contribution in [1.29, 1.82) is 0 Å². The summed E-state index contributed by atoms with van der Waals surface area (Å²) >= 11 is 6.63. The molecule has 0 atom stereocenters. The Kier molecular flexibility index (Phi) is 4.51. The minimum absolute atomic E-state index is 0.167. The predicted octanol–water partition coefficient (Wildman–Crippen LogP) is 4.02. The van der Waals surface area contributed by atoms with Crippen LogP contribution in [0.15, 0.2) is 44.3 Å². The van der Waals surface area contributed by atoms with E-state index in [0.717, 1.165) is 15.6 Å². The van der Waals surface area contributed by atoms with Gasteiger partial charge < -0.3 is 0 Å². The Bertz CT molecular complexity index is 761. The van der Waals surface area contributed by atoms with Crippen molar-refractivity contribution in [3.05, 3.63) is 50.5 Å². The fourth-order valence-electron chi connectivity index (χ4n) is 1.61. The molecule has 1 aromatic carbocycles. The van der Waals surface area contributed by atoms with E-state index in [1.807, 2.05) is 6.92 Å². The number of sulfonamides is 1. The van der Waals surface area contributed by atoms with Crippen LogP contribution in [-0.4, -0.2) is 13.4 Å². The second-order valence-corrected chi connectivity index (χ2v) is 7.67. The van der Waals surface area contributed by atoms with Gasteiger partial charge in [-0.05, 0) is 59.1 Å². The Labute approximate surface area is 134 Å². The van der Waals surface area contributed by atoms with Crippen molar-refractivity contribution in [3.63, 3.8) is 0 Å². The van der Waals surface area contributed by atoms with Crippen molar-refractivity contribution in [2.24, 2.45) is 0 Å². The van der Waals surface area contributed by atoms with Crippen LogP contribution in [0.5, 0.6) is 0 Å². The molecular formula is C13H12Br2N2O2S. The molecule has 20 heavy (non-hydrogen) atoms. The van der Waals surface area contributed by atoms with Gasteiger partial charge in [-0.3, -0.25) is 4.72 Å². The molecule has 0 fully saturated rings. The van der Waals surface area contributed by atoms with Crippen LogP contribution in [0.25, 0.3) is 0 Å². The molecule has 0 bridgehead atoms. The summed E-state index contributed by atoms with van der Waals surface area (Å²) < 4.78 is 28.6. The van der Waals surface area contributed by atoms with Crippen molar-refractivity contribution in [1.82, 2.24) is 4.98 Å². The van der Waals surface area contributed by atoms with Crippen LogP contribution in [0, 0.1) is 13.8 Å². The zero-order chi connectivity index (χ0) is 14.9. The maximum Gasteiger partial charge on any atom is 0.264 e. The van der Waals surface area contributed by atoms with Gasteiger partial charge in [-0.2, -0.15) is 0 Å². The second-order valence-electron chi connectivity index (χ2n) is 4.31. The van der Waals surface area contributed by atoms with Crippen molar-refractivity contribution >= 4 is 47.7 Å². The molecule has 1 aromatic heterocycles. The molecule has 1 N–H and O–H groups in total. The molecule has 0 aliphatic carbocycles. The van der Waals surface area contributed by atoms with Gasteiger partial charge in [-0.1, -0.05) is 22.0 Å². The van der Waals surface area contributed by atoms with Crippen molar-refractivity contribution in [2.45, 2.75) is 18.7 Å². The van der Waals surface area contributed by atoms with Gasteiger partial charge >= 0.3 is 0 Å². The summed E-state index contributed by atoms with van der Waals surface area (Å²) in [7, 11) is -3.70. The van der Waals surface area contributed by atoms with E-state index in [2.05, 4.69) is 41.6 Å². The highest BCUT2D eigenvalue weighted by Gasteiger charge is 2.20. The van der Waals surface area contributed by atoms with Crippen LogP contribution in [0.4, 0.5) is 5.82 Å². The number of rotatable bonds is 3. The summed E-state index contributed by atoms with van der Waals surface area (Å²) in [5, 5.41) is 0. The third kappa shape index (κ3) is 3.21. The van der Waals surface area contributed by atoms with E-state index in [1.54, 1.807) is 37.4 Å². The summed E-state index contributed by atoms with van der Waals surface area (Å²) in [4.78, 5) is 4.21. The molecule has 0 unspecified atom stereocenters. The van der Waals surface area contributed by atoms with Gasteiger partial charge in [0.15, 0.2) is 0 Å². The maximum absolute atomic E-state index is 12.4. The Morgan fingerprint density at radius 1 is 1.10 bits per heavy atom. The predicted molar refractivity (Wildman–Crippen MR) is 86.4 cm³/mol. The van der Waals surface area contributed by atoms with E-state index in [0.29, 0.717) is 10.3 Å². The normalized spacial score (nSPS) is 11.4. The first kappa shape index (κ1) is 15.5. The number of nitrogens with zero attached hydrogens (tertiary/aromatic N) is 1. The fourth-order valence-corrected chi connectivity index (χ4v) is 4.37. The van der Waals surface area contributed by atoms with Crippen LogP contribution in [0.1, 0.15) is 11.1 Å². The lowest BCUT2D eigenvalue weighted by molar-refractivity contribution is 0.600. The minimum Gasteiger partial charge on any atom is -0.263 e. The van der Waals surface area contributed by atoms with Crippen molar-refractivity contribution in [2.75, 3.05) is 4.72 Å². The van der Waals surface area contributed by atoms with Crippen molar-refractivity contribution < 1.29 is 8.42 Å². The van der Waals surface area contributed by atoms with Gasteiger partial charge in [0.2, 0.25) is 0 Å². The third-order valence-corrected chi connectivity index (χ3v) is 5.89. The molecule has 0 aliphatic rings. The van der Waals surface area contributed by atoms with Gasteiger partial charge in [-0.15, -0.1) is 0 Å². The van der Waals surface area contributed by atoms with Crippen LogP contribution >= 0.6 is 31.9 Å². The molecule has 0 saturated carbocycles. The largest absolute Gasteiger partial charge is 0.264 e. The first-order valence-electron chi connectivity index (χ1n) is 5.71. The number of hydrogen-bond donors (Lipinski definition) is 1. The average molecular weight is 420 g/mol. The third-order valence-electron chi connectivity index (χ3n) is 2.74. The van der Waals surface area contributed by atoms with Gasteiger partial charge in [0.25, 0.3) is 10.0 Å². The molecule has 0 amide bonds. The number of aromatic nitrogens is 1. The van der Waals surface area contributed by atoms with Gasteiger partial charge in [0.05, 0.1) is 0 Å². The molecule has 1 heterocycles. The summed E-state index contributed by atoms with van der Waals surface area (Å²) in [6, 6.07) is 6.88. The molecule has 0 radical (unpaired) electrons.